The quantitative estimate of drug-likeness (QED) is 0.542. The number of carbonyl (C=O) groups is 2. The molecule has 0 saturated heterocycles. The lowest BCUT2D eigenvalue weighted by Crippen LogP contribution is -2.19. The van der Waals surface area contributed by atoms with E-state index in [2.05, 4.69) is 20.6 Å². The van der Waals surface area contributed by atoms with Gasteiger partial charge in [-0.05, 0) is 29.8 Å². The van der Waals surface area contributed by atoms with E-state index in [1.165, 1.54) is 6.20 Å². The number of benzene rings is 2. The van der Waals surface area contributed by atoms with Gasteiger partial charge in [-0.2, -0.15) is 0 Å². The third kappa shape index (κ3) is 5.10. The highest BCUT2D eigenvalue weighted by molar-refractivity contribution is 6.31. The van der Waals surface area contributed by atoms with E-state index < -0.39 is 5.91 Å². The number of hydrogen-bond donors (Lipinski definition) is 2. The number of aromatic nitrogens is 1. The van der Waals surface area contributed by atoms with Crippen molar-refractivity contribution in [2.45, 2.75) is 6.42 Å². The monoisotopic (exact) mass is 452 g/mol. The number of carbonyl (C=O) groups excluding carboxylic acids is 2. The van der Waals surface area contributed by atoms with Gasteiger partial charge in [0, 0.05) is 40.9 Å². The first-order chi connectivity index (χ1) is 15.0. The number of pyridine rings is 1. The highest BCUT2D eigenvalue weighted by Crippen LogP contribution is 2.20. The molecule has 2 aromatic carbocycles. The van der Waals surface area contributed by atoms with Gasteiger partial charge in [0.25, 0.3) is 5.91 Å². The van der Waals surface area contributed by atoms with Crippen LogP contribution in [0.3, 0.4) is 0 Å². The second-order valence-corrected chi connectivity index (χ2v) is 7.82. The number of amides is 1. The highest BCUT2D eigenvalue weighted by Gasteiger charge is 2.17. The Morgan fingerprint density at radius 3 is 2.45 bits per heavy atom. The van der Waals surface area contributed by atoms with Crippen LogP contribution in [-0.4, -0.2) is 35.6 Å². The Balaban J connectivity index is 1.52. The zero-order valence-corrected chi connectivity index (χ0v) is 17.9. The molecule has 1 aromatic heterocycles. The summed E-state index contributed by atoms with van der Waals surface area (Å²) in [5, 5.41) is 6.78. The van der Waals surface area contributed by atoms with Crippen LogP contribution in [0.5, 0.6) is 0 Å². The molecule has 0 radical (unpaired) electrons. The van der Waals surface area contributed by atoms with Crippen LogP contribution in [-0.2, 0) is 6.42 Å². The van der Waals surface area contributed by atoms with E-state index in [0.29, 0.717) is 32.6 Å². The molecule has 31 heavy (non-hydrogen) atoms. The zero-order chi connectivity index (χ0) is 21.8. The predicted octanol–water partition coefficient (Wildman–Crippen LogP) is 4.42. The van der Waals surface area contributed by atoms with E-state index in [1.807, 2.05) is 12.1 Å². The summed E-state index contributed by atoms with van der Waals surface area (Å²) in [7, 11) is 0. The van der Waals surface area contributed by atoms with Gasteiger partial charge in [0.05, 0.1) is 11.6 Å². The molecule has 4 rings (SSSR count). The number of hydrogen-bond acceptors (Lipinski definition) is 5. The van der Waals surface area contributed by atoms with Crippen molar-refractivity contribution in [1.82, 2.24) is 10.3 Å². The summed E-state index contributed by atoms with van der Waals surface area (Å²) in [6.07, 6.45) is 1.50. The number of nitrogens with one attached hydrogen (secondary N) is 2. The SMILES string of the molecule is O=C(Cc1ccc(Cl)cc1C(=O)Nc1ccc(Cl)cn1)c1ccc(C2=NCCN2)cc1. The summed E-state index contributed by atoms with van der Waals surface area (Å²) in [5.74, 6) is 0.687. The lowest BCUT2D eigenvalue weighted by molar-refractivity contribution is 0.0992. The molecule has 1 aliphatic heterocycles. The topological polar surface area (TPSA) is 83.5 Å². The van der Waals surface area contributed by atoms with Gasteiger partial charge in [0.2, 0.25) is 0 Å². The van der Waals surface area contributed by atoms with E-state index in [4.69, 9.17) is 23.2 Å². The third-order valence-electron chi connectivity index (χ3n) is 4.79. The minimum absolute atomic E-state index is 0.0620. The molecule has 8 heteroatoms. The van der Waals surface area contributed by atoms with Crippen LogP contribution >= 0.6 is 23.2 Å². The Morgan fingerprint density at radius 1 is 1.00 bits per heavy atom. The molecule has 1 amide bonds. The smallest absolute Gasteiger partial charge is 0.257 e. The maximum atomic E-state index is 12.9. The minimum Gasteiger partial charge on any atom is -0.368 e. The van der Waals surface area contributed by atoms with Crippen LogP contribution in [0, 0.1) is 0 Å². The summed E-state index contributed by atoms with van der Waals surface area (Å²) in [6.45, 7) is 1.58. The van der Waals surface area contributed by atoms with Gasteiger partial charge < -0.3 is 10.6 Å². The Kier molecular flexibility index (Phi) is 6.30. The van der Waals surface area contributed by atoms with Gasteiger partial charge in [-0.3, -0.25) is 14.6 Å². The van der Waals surface area contributed by atoms with Crippen LogP contribution in [0.15, 0.2) is 65.8 Å². The van der Waals surface area contributed by atoms with Crippen LogP contribution in [0.2, 0.25) is 10.0 Å². The molecule has 156 valence electrons. The van der Waals surface area contributed by atoms with Crippen molar-refractivity contribution in [3.8, 4) is 0 Å². The second-order valence-electron chi connectivity index (χ2n) is 6.95. The molecule has 3 aromatic rings. The molecule has 0 atom stereocenters. The standard InChI is InChI=1S/C23H18Cl2N4O2/c24-17-6-5-16(19(12-17)23(31)29-21-8-7-18(25)13-28-21)11-20(30)14-1-3-15(4-2-14)22-26-9-10-27-22/h1-8,12-13H,9-11H2,(H,26,27)(H,28,29,31). The maximum Gasteiger partial charge on any atom is 0.257 e. The van der Waals surface area contributed by atoms with Crippen LogP contribution in [0.25, 0.3) is 0 Å². The van der Waals surface area contributed by atoms with Crippen molar-refractivity contribution >= 4 is 46.5 Å². The summed E-state index contributed by atoms with van der Waals surface area (Å²) in [6, 6.07) is 15.4. The maximum absolute atomic E-state index is 12.9. The number of amidine groups is 1. The second kappa shape index (κ2) is 9.29. The fraction of sp³-hybridized carbons (Fsp3) is 0.130. The summed E-state index contributed by atoms with van der Waals surface area (Å²) in [4.78, 5) is 34.1. The van der Waals surface area contributed by atoms with Crippen LogP contribution < -0.4 is 10.6 Å². The Hall–Kier alpha value is -3.22. The van der Waals surface area contributed by atoms with Gasteiger partial charge in [-0.15, -0.1) is 0 Å². The van der Waals surface area contributed by atoms with E-state index in [9.17, 15) is 9.59 Å². The Labute approximate surface area is 189 Å². The zero-order valence-electron chi connectivity index (χ0n) is 16.4. The number of halogens is 2. The van der Waals surface area contributed by atoms with E-state index in [-0.39, 0.29) is 12.2 Å². The van der Waals surface area contributed by atoms with Crippen molar-refractivity contribution in [2.24, 2.45) is 4.99 Å². The summed E-state index contributed by atoms with van der Waals surface area (Å²) < 4.78 is 0. The number of aliphatic imine (C=N–C) groups is 1. The number of rotatable bonds is 6. The van der Waals surface area contributed by atoms with Crippen molar-refractivity contribution in [3.05, 3.63) is 93.1 Å². The molecule has 0 spiro atoms. The molecule has 0 unspecified atom stereocenters. The highest BCUT2D eigenvalue weighted by atomic mass is 35.5. The molecular weight excluding hydrogens is 435 g/mol. The Morgan fingerprint density at radius 2 is 1.77 bits per heavy atom. The predicted molar refractivity (Wildman–Crippen MR) is 123 cm³/mol. The molecule has 2 heterocycles. The first-order valence-corrected chi connectivity index (χ1v) is 10.4. The average Bonchev–Trinajstić information content (AvgIpc) is 3.31. The molecule has 0 bridgehead atoms. The summed E-state index contributed by atoms with van der Waals surface area (Å²) in [5.41, 5.74) is 2.39. The summed E-state index contributed by atoms with van der Waals surface area (Å²) >= 11 is 11.9. The first kappa shape index (κ1) is 21.0. The van der Waals surface area contributed by atoms with Gasteiger partial charge in [0.1, 0.15) is 11.7 Å². The fourth-order valence-electron chi connectivity index (χ4n) is 3.23. The lowest BCUT2D eigenvalue weighted by Gasteiger charge is -2.11. The largest absolute Gasteiger partial charge is 0.368 e. The molecule has 1 aliphatic rings. The fourth-order valence-corrected chi connectivity index (χ4v) is 3.51. The molecular formula is C23H18Cl2N4O2. The van der Waals surface area contributed by atoms with Crippen molar-refractivity contribution < 1.29 is 9.59 Å². The van der Waals surface area contributed by atoms with Crippen molar-refractivity contribution in [1.29, 1.82) is 0 Å². The van der Waals surface area contributed by atoms with E-state index in [0.717, 1.165) is 24.5 Å². The molecule has 0 fully saturated rings. The minimum atomic E-state index is -0.402. The number of anilines is 1. The van der Waals surface area contributed by atoms with E-state index in [1.54, 1.807) is 42.5 Å². The van der Waals surface area contributed by atoms with Crippen molar-refractivity contribution in [2.75, 3.05) is 18.4 Å². The van der Waals surface area contributed by atoms with Crippen LogP contribution in [0.4, 0.5) is 5.82 Å². The average molecular weight is 453 g/mol. The molecule has 0 saturated carbocycles. The van der Waals surface area contributed by atoms with Gasteiger partial charge in [-0.25, -0.2) is 4.98 Å². The van der Waals surface area contributed by atoms with Gasteiger partial charge in [0.15, 0.2) is 5.78 Å². The molecule has 6 nitrogen and oxygen atoms in total. The normalized spacial score (nSPS) is 12.8. The van der Waals surface area contributed by atoms with Crippen LogP contribution in [0.1, 0.15) is 31.8 Å². The van der Waals surface area contributed by atoms with Crippen molar-refractivity contribution in [3.63, 3.8) is 0 Å². The Bertz CT molecular complexity index is 1160. The lowest BCUT2D eigenvalue weighted by atomic mass is 9.97. The van der Waals surface area contributed by atoms with E-state index >= 15 is 0 Å². The number of Topliss-reactive ketones (excluding diaryl/α,β-unsaturated/α-hetero) is 1. The molecule has 0 aliphatic carbocycles. The van der Waals surface area contributed by atoms with Gasteiger partial charge in [-0.1, -0.05) is 53.5 Å². The molecule has 2 N–H and O–H groups in total. The first-order valence-electron chi connectivity index (χ1n) is 9.63. The number of nitrogens with zero attached hydrogens (tertiary/aromatic N) is 2. The van der Waals surface area contributed by atoms with Gasteiger partial charge >= 0.3 is 0 Å². The number of ketones is 1. The third-order valence-corrected chi connectivity index (χ3v) is 5.25.